The molecule has 1 heterocycles. The maximum absolute atomic E-state index is 12.7. The molecule has 1 fully saturated rings. The van der Waals surface area contributed by atoms with Crippen LogP contribution in [0.4, 0.5) is 17.1 Å². The van der Waals surface area contributed by atoms with Gasteiger partial charge in [-0.05, 0) is 60.2 Å². The van der Waals surface area contributed by atoms with Crippen LogP contribution in [0.3, 0.4) is 0 Å². The fourth-order valence-electron chi connectivity index (χ4n) is 3.60. The molecule has 3 aromatic carbocycles. The zero-order valence-electron chi connectivity index (χ0n) is 18.2. The second-order valence-corrected chi connectivity index (χ2v) is 8.72. The molecule has 1 N–H and O–H groups in total. The van der Waals surface area contributed by atoms with E-state index in [0.29, 0.717) is 22.8 Å². The fraction of sp³-hybridized carbons (Fsp3) is 0.200. The van der Waals surface area contributed by atoms with E-state index in [1.54, 1.807) is 43.1 Å². The Morgan fingerprint density at radius 2 is 1.81 bits per heavy atom. The number of carbonyl (C=O) groups excluding carboxylic acids is 2. The Bertz CT molecular complexity index is 1130. The predicted molar refractivity (Wildman–Crippen MR) is 131 cm³/mol. The highest BCUT2D eigenvalue weighted by Crippen LogP contribution is 2.42. The quantitative estimate of drug-likeness (QED) is 0.589. The van der Waals surface area contributed by atoms with Gasteiger partial charge >= 0.3 is 0 Å². The number of thioether (sulfide) groups is 1. The number of ether oxygens (including phenoxy) is 1. The Kier molecular flexibility index (Phi) is 6.37. The Hall–Kier alpha value is -3.45. The third-order valence-electron chi connectivity index (χ3n) is 5.27. The van der Waals surface area contributed by atoms with E-state index in [0.717, 1.165) is 16.9 Å². The van der Waals surface area contributed by atoms with Gasteiger partial charge in [-0.25, -0.2) is 0 Å². The van der Waals surface area contributed by atoms with Gasteiger partial charge in [-0.15, -0.1) is 11.8 Å². The highest BCUT2D eigenvalue weighted by atomic mass is 32.2. The van der Waals surface area contributed by atoms with E-state index < -0.39 is 0 Å². The lowest BCUT2D eigenvalue weighted by Gasteiger charge is -2.25. The third kappa shape index (κ3) is 4.57. The second-order valence-electron chi connectivity index (χ2n) is 7.65. The van der Waals surface area contributed by atoms with E-state index in [4.69, 9.17) is 4.74 Å². The summed E-state index contributed by atoms with van der Waals surface area (Å²) in [6.45, 7) is 0. The lowest BCUT2D eigenvalue weighted by atomic mass is 10.1. The topological polar surface area (TPSA) is 61.9 Å². The SMILES string of the molecule is COc1cccc(C(=O)Nc2cccc([C@H]3SCC(=O)N3c3ccc(N(C)C)cc3)c2)c1. The number of hydrogen-bond acceptors (Lipinski definition) is 5. The van der Waals surface area contributed by atoms with E-state index in [9.17, 15) is 9.59 Å². The fourth-order valence-corrected chi connectivity index (χ4v) is 4.77. The van der Waals surface area contributed by atoms with E-state index in [-0.39, 0.29) is 17.2 Å². The molecule has 0 spiro atoms. The van der Waals surface area contributed by atoms with Crippen LogP contribution >= 0.6 is 11.8 Å². The van der Waals surface area contributed by atoms with Crippen molar-refractivity contribution in [1.29, 1.82) is 0 Å². The summed E-state index contributed by atoms with van der Waals surface area (Å²) in [5, 5.41) is 2.79. The molecule has 0 aliphatic carbocycles. The summed E-state index contributed by atoms with van der Waals surface area (Å²) in [7, 11) is 5.54. The molecule has 2 amide bonds. The summed E-state index contributed by atoms with van der Waals surface area (Å²) >= 11 is 1.58. The molecule has 1 saturated heterocycles. The molecule has 7 heteroatoms. The maximum atomic E-state index is 12.7. The van der Waals surface area contributed by atoms with Crippen molar-refractivity contribution in [3.63, 3.8) is 0 Å². The largest absolute Gasteiger partial charge is 0.497 e. The molecule has 6 nitrogen and oxygen atoms in total. The average Bonchev–Trinajstić information content (AvgIpc) is 3.20. The van der Waals surface area contributed by atoms with Crippen LogP contribution in [0.2, 0.25) is 0 Å². The Morgan fingerprint density at radius 3 is 2.53 bits per heavy atom. The summed E-state index contributed by atoms with van der Waals surface area (Å²) in [6.07, 6.45) is 0. The minimum Gasteiger partial charge on any atom is -0.497 e. The van der Waals surface area contributed by atoms with E-state index in [1.165, 1.54) is 0 Å². The number of amides is 2. The van der Waals surface area contributed by atoms with Gasteiger partial charge in [0.15, 0.2) is 0 Å². The van der Waals surface area contributed by atoms with Crippen molar-refractivity contribution < 1.29 is 14.3 Å². The van der Waals surface area contributed by atoms with Gasteiger partial charge in [0.05, 0.1) is 12.9 Å². The molecule has 0 bridgehead atoms. The van der Waals surface area contributed by atoms with Crippen LogP contribution in [0.1, 0.15) is 21.3 Å². The van der Waals surface area contributed by atoms with Crippen LogP contribution in [-0.2, 0) is 4.79 Å². The Balaban J connectivity index is 1.56. The number of nitrogens with one attached hydrogen (secondary N) is 1. The van der Waals surface area contributed by atoms with Gasteiger partial charge in [-0.3, -0.25) is 14.5 Å². The van der Waals surface area contributed by atoms with Gasteiger partial charge < -0.3 is 15.0 Å². The van der Waals surface area contributed by atoms with Crippen LogP contribution in [0.5, 0.6) is 5.75 Å². The zero-order chi connectivity index (χ0) is 22.7. The number of anilines is 3. The number of benzene rings is 3. The van der Waals surface area contributed by atoms with Gasteiger partial charge in [-0.1, -0.05) is 18.2 Å². The first-order chi connectivity index (χ1) is 15.5. The number of rotatable bonds is 6. The lowest BCUT2D eigenvalue weighted by molar-refractivity contribution is -0.115. The summed E-state index contributed by atoms with van der Waals surface area (Å²) in [6, 6.07) is 22.6. The zero-order valence-corrected chi connectivity index (χ0v) is 19.1. The van der Waals surface area contributed by atoms with Crippen molar-refractivity contribution in [3.8, 4) is 5.75 Å². The summed E-state index contributed by atoms with van der Waals surface area (Å²) in [4.78, 5) is 29.2. The number of carbonyl (C=O) groups is 2. The van der Waals surface area contributed by atoms with Crippen molar-refractivity contribution in [2.75, 3.05) is 42.1 Å². The molecular weight excluding hydrogens is 422 g/mol. The average molecular weight is 448 g/mol. The van der Waals surface area contributed by atoms with Crippen LogP contribution < -0.4 is 19.9 Å². The van der Waals surface area contributed by atoms with Crippen molar-refractivity contribution in [3.05, 3.63) is 83.9 Å². The Labute approximate surface area is 192 Å². The van der Waals surface area contributed by atoms with Crippen LogP contribution in [-0.4, -0.2) is 38.8 Å². The summed E-state index contributed by atoms with van der Waals surface area (Å²) < 4.78 is 5.20. The van der Waals surface area contributed by atoms with Crippen molar-refractivity contribution in [1.82, 2.24) is 0 Å². The molecule has 1 atom stereocenters. The van der Waals surface area contributed by atoms with Crippen LogP contribution in [0, 0.1) is 0 Å². The molecule has 4 rings (SSSR count). The Morgan fingerprint density at radius 1 is 1.06 bits per heavy atom. The van der Waals surface area contributed by atoms with Gasteiger partial charge in [0.1, 0.15) is 11.1 Å². The minimum absolute atomic E-state index is 0.0726. The second kappa shape index (κ2) is 9.36. The first-order valence-electron chi connectivity index (χ1n) is 10.2. The molecular formula is C25H25N3O3S. The maximum Gasteiger partial charge on any atom is 0.255 e. The molecule has 164 valence electrons. The molecule has 1 aliphatic rings. The lowest BCUT2D eigenvalue weighted by Crippen LogP contribution is -2.27. The molecule has 3 aromatic rings. The third-order valence-corrected chi connectivity index (χ3v) is 6.49. The van der Waals surface area contributed by atoms with Crippen LogP contribution in [0.25, 0.3) is 0 Å². The normalized spacial score (nSPS) is 15.5. The van der Waals surface area contributed by atoms with Gasteiger partial charge in [-0.2, -0.15) is 0 Å². The van der Waals surface area contributed by atoms with Gasteiger partial charge in [0.25, 0.3) is 5.91 Å². The molecule has 0 radical (unpaired) electrons. The first kappa shape index (κ1) is 21.8. The van der Waals surface area contributed by atoms with Gasteiger partial charge in [0.2, 0.25) is 5.91 Å². The van der Waals surface area contributed by atoms with Gasteiger partial charge in [0, 0.05) is 36.7 Å². The van der Waals surface area contributed by atoms with Crippen LogP contribution in [0.15, 0.2) is 72.8 Å². The highest BCUT2D eigenvalue weighted by Gasteiger charge is 2.34. The van der Waals surface area contributed by atoms with Crippen molar-refractivity contribution in [2.24, 2.45) is 0 Å². The molecule has 0 saturated carbocycles. The first-order valence-corrected chi connectivity index (χ1v) is 11.3. The highest BCUT2D eigenvalue weighted by molar-refractivity contribution is 8.00. The molecule has 0 unspecified atom stereocenters. The monoisotopic (exact) mass is 447 g/mol. The minimum atomic E-state index is -0.215. The smallest absolute Gasteiger partial charge is 0.255 e. The van der Waals surface area contributed by atoms with Crippen molar-refractivity contribution >= 4 is 40.6 Å². The number of nitrogens with zero attached hydrogens (tertiary/aromatic N) is 2. The molecule has 32 heavy (non-hydrogen) atoms. The van der Waals surface area contributed by atoms with E-state index >= 15 is 0 Å². The molecule has 0 aromatic heterocycles. The summed E-state index contributed by atoms with van der Waals surface area (Å²) in [5.74, 6) is 0.902. The number of hydrogen-bond donors (Lipinski definition) is 1. The predicted octanol–water partition coefficient (Wildman–Crippen LogP) is 4.79. The molecule has 1 aliphatic heterocycles. The van der Waals surface area contributed by atoms with E-state index in [1.807, 2.05) is 72.4 Å². The van der Waals surface area contributed by atoms with E-state index in [2.05, 4.69) is 5.32 Å². The van der Waals surface area contributed by atoms with Crippen molar-refractivity contribution in [2.45, 2.75) is 5.37 Å². The number of methoxy groups -OCH3 is 1. The standard InChI is InChI=1S/C25H25N3O3S/c1-27(2)20-10-12-21(13-11-20)28-23(29)16-32-25(28)18-7-4-8-19(14-18)26-24(30)17-6-5-9-22(15-17)31-3/h4-15,25H,16H2,1-3H3,(H,26,30)/t25-/m1/s1. The summed E-state index contributed by atoms with van der Waals surface area (Å²) in [5.41, 5.74) is 4.09.